The van der Waals surface area contributed by atoms with Crippen molar-refractivity contribution in [1.29, 1.82) is 0 Å². The molecule has 1 N–H and O–H groups in total. The second-order valence-electron chi connectivity index (χ2n) is 5.14. The molecule has 94 valence electrons. The normalized spacial score (nSPS) is 16.2. The molecule has 0 aliphatic carbocycles. The zero-order chi connectivity index (χ0) is 12.3. The number of rotatable bonds is 5. The van der Waals surface area contributed by atoms with Crippen molar-refractivity contribution in [3.8, 4) is 0 Å². The highest BCUT2D eigenvalue weighted by molar-refractivity contribution is 5.33. The molecule has 0 fully saturated rings. The fourth-order valence-corrected chi connectivity index (χ4v) is 2.24. The second-order valence-corrected chi connectivity index (χ2v) is 5.14. The molecule has 1 heterocycles. The van der Waals surface area contributed by atoms with Crippen LogP contribution in [0.4, 0.5) is 0 Å². The van der Waals surface area contributed by atoms with Crippen molar-refractivity contribution in [2.24, 2.45) is 0 Å². The number of benzene rings is 1. The number of nitrogens with one attached hydrogen (secondary N) is 1. The van der Waals surface area contributed by atoms with E-state index in [2.05, 4.69) is 49.4 Å². The number of hydrogen-bond donors (Lipinski definition) is 1. The molecular formula is C14H22N2O. The summed E-state index contributed by atoms with van der Waals surface area (Å²) in [7, 11) is 4.20. The van der Waals surface area contributed by atoms with Gasteiger partial charge in [-0.25, -0.2) is 0 Å². The molecule has 0 bridgehead atoms. The van der Waals surface area contributed by atoms with Gasteiger partial charge in [-0.05, 0) is 37.7 Å². The average Bonchev–Trinajstić information content (AvgIpc) is 2.72. The molecule has 3 nitrogen and oxygen atoms in total. The van der Waals surface area contributed by atoms with Crippen LogP contribution in [0.5, 0.6) is 0 Å². The van der Waals surface area contributed by atoms with Crippen molar-refractivity contribution in [2.45, 2.75) is 32.7 Å². The maximum absolute atomic E-state index is 5.42. The van der Waals surface area contributed by atoms with Crippen molar-refractivity contribution in [3.63, 3.8) is 0 Å². The first-order valence-electron chi connectivity index (χ1n) is 6.21. The van der Waals surface area contributed by atoms with Crippen LogP contribution in [0.25, 0.3) is 0 Å². The monoisotopic (exact) mass is 234 g/mol. The van der Waals surface area contributed by atoms with Gasteiger partial charge in [-0.1, -0.05) is 18.2 Å². The average molecular weight is 234 g/mol. The Morgan fingerprint density at radius 3 is 2.82 bits per heavy atom. The first-order valence-corrected chi connectivity index (χ1v) is 6.21. The summed E-state index contributed by atoms with van der Waals surface area (Å²) < 4.78 is 5.42. The molecule has 3 heteroatoms. The minimum atomic E-state index is 0.509. The number of likely N-dealkylation sites (N-methyl/N-ethyl adjacent to an activating group) is 1. The number of hydrogen-bond acceptors (Lipinski definition) is 3. The van der Waals surface area contributed by atoms with Crippen LogP contribution in [0.15, 0.2) is 18.2 Å². The fourth-order valence-electron chi connectivity index (χ4n) is 2.24. The highest BCUT2D eigenvalue weighted by atomic mass is 16.5. The van der Waals surface area contributed by atoms with E-state index in [9.17, 15) is 0 Å². The Morgan fingerprint density at radius 2 is 2.06 bits per heavy atom. The molecule has 2 rings (SSSR count). The van der Waals surface area contributed by atoms with E-state index in [0.29, 0.717) is 6.04 Å². The predicted molar refractivity (Wildman–Crippen MR) is 69.8 cm³/mol. The van der Waals surface area contributed by atoms with Gasteiger partial charge >= 0.3 is 0 Å². The molecule has 1 unspecified atom stereocenters. The summed E-state index contributed by atoms with van der Waals surface area (Å²) in [6, 6.07) is 7.16. The van der Waals surface area contributed by atoms with Crippen molar-refractivity contribution in [2.75, 3.05) is 20.6 Å². The lowest BCUT2D eigenvalue weighted by atomic mass is 10.1. The van der Waals surface area contributed by atoms with Crippen LogP contribution >= 0.6 is 0 Å². The van der Waals surface area contributed by atoms with Gasteiger partial charge in [0.05, 0.1) is 13.2 Å². The van der Waals surface area contributed by atoms with Gasteiger partial charge in [0.25, 0.3) is 0 Å². The van der Waals surface area contributed by atoms with Crippen LogP contribution in [-0.2, 0) is 24.5 Å². The molecule has 0 spiro atoms. The van der Waals surface area contributed by atoms with Crippen LogP contribution in [0.1, 0.15) is 23.6 Å². The Labute approximate surface area is 104 Å². The lowest BCUT2D eigenvalue weighted by Gasteiger charge is -2.18. The van der Waals surface area contributed by atoms with Crippen LogP contribution in [0, 0.1) is 0 Å². The van der Waals surface area contributed by atoms with Gasteiger partial charge in [-0.15, -0.1) is 0 Å². The third kappa shape index (κ3) is 3.53. The maximum Gasteiger partial charge on any atom is 0.0725 e. The Hall–Kier alpha value is -0.900. The summed E-state index contributed by atoms with van der Waals surface area (Å²) in [5, 5.41) is 3.54. The Morgan fingerprint density at radius 1 is 1.29 bits per heavy atom. The lowest BCUT2D eigenvalue weighted by molar-refractivity contribution is 0.134. The summed E-state index contributed by atoms with van der Waals surface area (Å²) in [5.74, 6) is 0. The van der Waals surface area contributed by atoms with Crippen molar-refractivity contribution in [3.05, 3.63) is 34.9 Å². The lowest BCUT2D eigenvalue weighted by Crippen LogP contribution is -2.35. The first kappa shape index (κ1) is 12.6. The van der Waals surface area contributed by atoms with Gasteiger partial charge in [0.2, 0.25) is 0 Å². The predicted octanol–water partition coefficient (Wildman–Crippen LogP) is 1.76. The number of fused-ring (bicyclic) bond motifs is 1. The molecule has 0 saturated heterocycles. The van der Waals surface area contributed by atoms with Crippen LogP contribution in [-0.4, -0.2) is 31.6 Å². The molecule has 1 atom stereocenters. The molecule has 1 aliphatic heterocycles. The standard InChI is InChI=1S/C14H22N2O/c1-11(8-16(2)3)15-7-12-4-5-13-9-17-10-14(13)6-12/h4-6,11,15H,7-10H2,1-3H3. The third-order valence-corrected chi connectivity index (χ3v) is 3.08. The van der Waals surface area contributed by atoms with Crippen molar-refractivity contribution < 1.29 is 4.74 Å². The molecule has 1 aromatic carbocycles. The van der Waals surface area contributed by atoms with E-state index in [0.717, 1.165) is 26.3 Å². The van der Waals surface area contributed by atoms with Crippen molar-refractivity contribution in [1.82, 2.24) is 10.2 Å². The molecule has 1 aliphatic rings. The molecule has 0 amide bonds. The van der Waals surface area contributed by atoms with Gasteiger partial charge in [-0.3, -0.25) is 0 Å². The van der Waals surface area contributed by atoms with E-state index >= 15 is 0 Å². The van der Waals surface area contributed by atoms with Crippen LogP contribution < -0.4 is 5.32 Å². The number of ether oxygens (including phenoxy) is 1. The summed E-state index contributed by atoms with van der Waals surface area (Å²) in [6.45, 7) is 5.77. The molecular weight excluding hydrogens is 212 g/mol. The van der Waals surface area contributed by atoms with E-state index in [1.165, 1.54) is 16.7 Å². The molecule has 17 heavy (non-hydrogen) atoms. The Balaban J connectivity index is 1.87. The molecule has 0 radical (unpaired) electrons. The minimum absolute atomic E-state index is 0.509. The first-order chi connectivity index (χ1) is 8.15. The van der Waals surface area contributed by atoms with E-state index in [1.807, 2.05) is 0 Å². The largest absolute Gasteiger partial charge is 0.372 e. The highest BCUT2D eigenvalue weighted by Crippen LogP contribution is 2.20. The van der Waals surface area contributed by atoms with Gasteiger partial charge in [0.1, 0.15) is 0 Å². The van der Waals surface area contributed by atoms with Crippen LogP contribution in [0.3, 0.4) is 0 Å². The fraction of sp³-hybridized carbons (Fsp3) is 0.571. The summed E-state index contributed by atoms with van der Waals surface area (Å²) in [5.41, 5.74) is 4.04. The highest BCUT2D eigenvalue weighted by Gasteiger charge is 2.11. The smallest absolute Gasteiger partial charge is 0.0725 e. The number of nitrogens with zero attached hydrogens (tertiary/aromatic N) is 1. The third-order valence-electron chi connectivity index (χ3n) is 3.08. The molecule has 0 aromatic heterocycles. The summed E-state index contributed by atoms with van der Waals surface area (Å²) in [4.78, 5) is 2.20. The van der Waals surface area contributed by atoms with Crippen LogP contribution in [0.2, 0.25) is 0 Å². The van der Waals surface area contributed by atoms with E-state index < -0.39 is 0 Å². The second kappa shape index (κ2) is 5.63. The summed E-state index contributed by atoms with van der Waals surface area (Å²) in [6.07, 6.45) is 0. The minimum Gasteiger partial charge on any atom is -0.372 e. The van der Waals surface area contributed by atoms with Crippen molar-refractivity contribution >= 4 is 0 Å². The summed E-state index contributed by atoms with van der Waals surface area (Å²) >= 11 is 0. The topological polar surface area (TPSA) is 24.5 Å². The zero-order valence-corrected chi connectivity index (χ0v) is 11.0. The van der Waals surface area contributed by atoms with Gasteiger partial charge < -0.3 is 15.0 Å². The van der Waals surface area contributed by atoms with Gasteiger partial charge in [-0.2, -0.15) is 0 Å². The van der Waals surface area contributed by atoms with Gasteiger partial charge in [0, 0.05) is 19.1 Å². The Kier molecular flexibility index (Phi) is 4.15. The SMILES string of the molecule is CC(CN(C)C)NCc1ccc2c(c1)COC2. The maximum atomic E-state index is 5.42. The quantitative estimate of drug-likeness (QED) is 0.840. The van der Waals surface area contributed by atoms with E-state index in [-0.39, 0.29) is 0 Å². The molecule has 1 aromatic rings. The van der Waals surface area contributed by atoms with Gasteiger partial charge in [0.15, 0.2) is 0 Å². The van der Waals surface area contributed by atoms with E-state index in [1.54, 1.807) is 0 Å². The zero-order valence-electron chi connectivity index (χ0n) is 11.0. The van der Waals surface area contributed by atoms with E-state index in [4.69, 9.17) is 4.74 Å². The molecule has 0 saturated carbocycles. The Bertz CT molecular complexity index is 376.